The zero-order valence-corrected chi connectivity index (χ0v) is 16.3. The van der Waals surface area contributed by atoms with E-state index >= 15 is 0 Å². The Bertz CT molecular complexity index is 1320. The Hall–Kier alpha value is -3.76. The Morgan fingerprint density at radius 2 is 0.867 bits per heavy atom. The fourth-order valence-corrected chi connectivity index (χ4v) is 4.96. The maximum Gasteiger partial charge on any atom is 0.0744 e. The van der Waals surface area contributed by atoms with Gasteiger partial charge in [-0.3, -0.25) is 0 Å². The molecule has 4 nitrogen and oxygen atoms in total. The van der Waals surface area contributed by atoms with Gasteiger partial charge in [-0.2, -0.15) is 0 Å². The molecule has 3 heterocycles. The molecule has 0 fully saturated rings. The number of hydrogen-bond acceptors (Lipinski definition) is 1. The molecule has 0 unspecified atom stereocenters. The van der Waals surface area contributed by atoms with E-state index in [1.54, 1.807) is 0 Å². The van der Waals surface area contributed by atoms with Gasteiger partial charge in [0.2, 0.25) is 0 Å². The molecule has 3 aromatic heterocycles. The summed E-state index contributed by atoms with van der Waals surface area (Å²) < 4.78 is 0. The Balaban J connectivity index is 1.78. The molecular weight excluding hydrogens is 370 g/mol. The van der Waals surface area contributed by atoms with Crippen molar-refractivity contribution in [2.24, 2.45) is 0 Å². The summed E-state index contributed by atoms with van der Waals surface area (Å²) in [6, 6.07) is 24.8. The highest BCUT2D eigenvalue weighted by atomic mass is 16.3. The van der Waals surface area contributed by atoms with Crippen molar-refractivity contribution in [1.82, 2.24) is 15.0 Å². The van der Waals surface area contributed by atoms with Gasteiger partial charge in [0.15, 0.2) is 0 Å². The average molecular weight is 391 g/mol. The van der Waals surface area contributed by atoms with Crippen molar-refractivity contribution < 1.29 is 5.11 Å². The van der Waals surface area contributed by atoms with Crippen LogP contribution in [0.4, 0.5) is 0 Å². The first-order valence-electron chi connectivity index (χ1n) is 10.1. The molecular formula is C26H21N3O. The quantitative estimate of drug-likeness (QED) is 0.317. The van der Waals surface area contributed by atoms with Gasteiger partial charge in [0, 0.05) is 51.3 Å². The normalized spacial score (nSPS) is 12.3. The third kappa shape index (κ3) is 2.19. The van der Waals surface area contributed by atoms with E-state index in [-0.39, 0.29) is 6.61 Å². The predicted octanol–water partition coefficient (Wildman–Crippen LogP) is 5.46. The van der Waals surface area contributed by atoms with Gasteiger partial charge in [-0.15, -0.1) is 0 Å². The number of para-hydroxylation sites is 3. The van der Waals surface area contributed by atoms with E-state index in [1.807, 2.05) is 55.0 Å². The highest BCUT2D eigenvalue weighted by Gasteiger charge is 2.41. The number of aromatic nitrogens is 3. The molecule has 6 rings (SSSR count). The fourth-order valence-electron chi connectivity index (χ4n) is 4.96. The van der Waals surface area contributed by atoms with Gasteiger partial charge < -0.3 is 20.1 Å². The van der Waals surface area contributed by atoms with Crippen LogP contribution in [0.1, 0.15) is 16.7 Å². The first-order valence-corrected chi connectivity index (χ1v) is 10.1. The second kappa shape index (κ2) is 6.37. The average Bonchev–Trinajstić information content (AvgIpc) is 3.53. The predicted molar refractivity (Wildman–Crippen MR) is 122 cm³/mol. The van der Waals surface area contributed by atoms with E-state index in [1.165, 1.54) is 0 Å². The number of benzene rings is 3. The molecule has 0 saturated heterocycles. The summed E-state index contributed by atoms with van der Waals surface area (Å²) in [6.07, 6.45) is 6.14. The summed E-state index contributed by atoms with van der Waals surface area (Å²) in [5.41, 5.74) is 5.64. The number of fused-ring (bicyclic) bond motifs is 3. The number of nitrogens with one attached hydrogen (secondary N) is 3. The maximum absolute atomic E-state index is 11.1. The first-order chi connectivity index (χ1) is 14.8. The van der Waals surface area contributed by atoms with Gasteiger partial charge >= 0.3 is 0 Å². The lowest BCUT2D eigenvalue weighted by Crippen LogP contribution is -2.33. The number of aliphatic hydroxyl groups excluding tert-OH is 1. The van der Waals surface area contributed by atoms with Crippen LogP contribution in [0.5, 0.6) is 0 Å². The van der Waals surface area contributed by atoms with Crippen LogP contribution < -0.4 is 0 Å². The molecule has 30 heavy (non-hydrogen) atoms. The van der Waals surface area contributed by atoms with Crippen LogP contribution in [0.15, 0.2) is 91.4 Å². The smallest absolute Gasteiger partial charge is 0.0744 e. The van der Waals surface area contributed by atoms with Crippen molar-refractivity contribution in [2.45, 2.75) is 5.41 Å². The van der Waals surface area contributed by atoms with Gasteiger partial charge in [-0.25, -0.2) is 0 Å². The lowest BCUT2D eigenvalue weighted by molar-refractivity contribution is 0.245. The Labute approximate surface area is 173 Å². The molecule has 0 radical (unpaired) electrons. The Morgan fingerprint density at radius 1 is 0.533 bits per heavy atom. The van der Waals surface area contributed by atoms with Crippen LogP contribution in [-0.2, 0) is 5.41 Å². The SMILES string of the molecule is OCC(c1c[nH]c2ccccc12)(c1c[nH]c2ccccc12)c1c[nH]c2ccccc12. The molecule has 0 aliphatic carbocycles. The standard InChI is InChI=1S/C26H21N3O/c30-16-26(20-13-27-23-10-4-1-7-17(20)23,21-14-28-24-11-5-2-8-18(21)24)22-15-29-25-12-6-3-9-19(22)25/h1-15,27-30H,16H2. The number of hydrogen-bond donors (Lipinski definition) is 4. The topological polar surface area (TPSA) is 67.6 Å². The van der Waals surface area contributed by atoms with Crippen LogP contribution in [0.25, 0.3) is 32.7 Å². The summed E-state index contributed by atoms with van der Waals surface area (Å²) in [5.74, 6) is 0. The third-order valence-corrected chi connectivity index (χ3v) is 6.38. The summed E-state index contributed by atoms with van der Waals surface area (Å²) in [7, 11) is 0. The molecule has 0 aliphatic rings. The molecule has 0 saturated carbocycles. The van der Waals surface area contributed by atoms with Crippen LogP contribution in [0.3, 0.4) is 0 Å². The molecule has 4 heteroatoms. The molecule has 6 aromatic rings. The molecule has 0 aliphatic heterocycles. The van der Waals surface area contributed by atoms with E-state index in [4.69, 9.17) is 0 Å². The monoisotopic (exact) mass is 391 g/mol. The number of rotatable bonds is 4. The second-order valence-corrected chi connectivity index (χ2v) is 7.81. The molecule has 0 spiro atoms. The zero-order valence-electron chi connectivity index (χ0n) is 16.3. The van der Waals surface area contributed by atoms with E-state index in [2.05, 4.69) is 51.4 Å². The van der Waals surface area contributed by atoms with Gasteiger partial charge in [-0.1, -0.05) is 54.6 Å². The van der Waals surface area contributed by atoms with Gasteiger partial charge in [-0.05, 0) is 34.9 Å². The summed E-state index contributed by atoms with van der Waals surface area (Å²) >= 11 is 0. The van der Waals surface area contributed by atoms with E-state index in [9.17, 15) is 5.11 Å². The van der Waals surface area contributed by atoms with Crippen LogP contribution in [0.2, 0.25) is 0 Å². The van der Waals surface area contributed by atoms with Crippen LogP contribution >= 0.6 is 0 Å². The molecule has 3 aromatic carbocycles. The maximum atomic E-state index is 11.1. The lowest BCUT2D eigenvalue weighted by Gasteiger charge is -2.32. The van der Waals surface area contributed by atoms with Crippen molar-refractivity contribution in [3.05, 3.63) is 108 Å². The highest BCUT2D eigenvalue weighted by molar-refractivity contribution is 5.94. The minimum Gasteiger partial charge on any atom is -0.395 e. The van der Waals surface area contributed by atoms with Gasteiger partial charge in [0.1, 0.15) is 0 Å². The van der Waals surface area contributed by atoms with E-state index in [0.717, 1.165) is 49.4 Å². The summed E-state index contributed by atoms with van der Waals surface area (Å²) in [4.78, 5) is 10.2. The van der Waals surface area contributed by atoms with Crippen molar-refractivity contribution >= 4 is 32.7 Å². The van der Waals surface area contributed by atoms with Crippen molar-refractivity contribution in [3.63, 3.8) is 0 Å². The number of aliphatic hydroxyl groups is 1. The van der Waals surface area contributed by atoms with Gasteiger partial charge in [0.05, 0.1) is 12.0 Å². The van der Waals surface area contributed by atoms with Crippen molar-refractivity contribution in [1.29, 1.82) is 0 Å². The Morgan fingerprint density at radius 3 is 1.20 bits per heavy atom. The summed E-state index contributed by atoms with van der Waals surface area (Å²) in [5, 5.41) is 14.5. The van der Waals surface area contributed by atoms with Crippen LogP contribution in [0, 0.1) is 0 Å². The molecule has 146 valence electrons. The first kappa shape index (κ1) is 17.1. The van der Waals surface area contributed by atoms with Crippen LogP contribution in [-0.4, -0.2) is 26.7 Å². The van der Waals surface area contributed by atoms with Crippen molar-refractivity contribution in [3.8, 4) is 0 Å². The molecule has 4 N–H and O–H groups in total. The number of H-pyrrole nitrogens is 3. The number of aromatic amines is 3. The van der Waals surface area contributed by atoms with E-state index < -0.39 is 5.41 Å². The molecule has 0 amide bonds. The Kier molecular flexibility index (Phi) is 3.64. The minimum atomic E-state index is -0.737. The fraction of sp³-hybridized carbons (Fsp3) is 0.0769. The third-order valence-electron chi connectivity index (χ3n) is 6.38. The molecule has 0 atom stereocenters. The second-order valence-electron chi connectivity index (χ2n) is 7.81. The largest absolute Gasteiger partial charge is 0.395 e. The van der Waals surface area contributed by atoms with Gasteiger partial charge in [0.25, 0.3) is 0 Å². The highest BCUT2D eigenvalue weighted by Crippen LogP contribution is 2.46. The van der Waals surface area contributed by atoms with E-state index in [0.29, 0.717) is 0 Å². The minimum absolute atomic E-state index is 0.0570. The summed E-state index contributed by atoms with van der Waals surface area (Å²) in [6.45, 7) is -0.0570. The molecule has 0 bridgehead atoms. The zero-order chi connectivity index (χ0) is 20.1. The van der Waals surface area contributed by atoms with Crippen molar-refractivity contribution in [2.75, 3.05) is 6.61 Å². The lowest BCUT2D eigenvalue weighted by atomic mass is 9.69.